The minimum atomic E-state index is -0.464. The van der Waals surface area contributed by atoms with E-state index in [9.17, 15) is 4.39 Å². The van der Waals surface area contributed by atoms with E-state index in [1.807, 2.05) is 28.7 Å². The number of nitriles is 1. The lowest BCUT2D eigenvalue weighted by Gasteiger charge is -2.01. The standard InChI is InChI=1S/C8H4ClFIN/c9-8-5(1-2-12)3-6(11)4-7(8)10/h3-4H,1H2. The molecule has 0 aromatic heterocycles. The van der Waals surface area contributed by atoms with E-state index in [4.69, 9.17) is 16.9 Å². The highest BCUT2D eigenvalue weighted by Gasteiger charge is 2.06. The number of hydrogen-bond acceptors (Lipinski definition) is 1. The van der Waals surface area contributed by atoms with Crippen molar-refractivity contribution in [1.82, 2.24) is 0 Å². The number of halogens is 3. The smallest absolute Gasteiger partial charge is 0.143 e. The van der Waals surface area contributed by atoms with Crippen molar-refractivity contribution in [1.29, 1.82) is 5.26 Å². The maximum Gasteiger partial charge on any atom is 0.143 e. The van der Waals surface area contributed by atoms with Gasteiger partial charge in [0.1, 0.15) is 5.82 Å². The Kier molecular flexibility index (Phi) is 3.29. The highest BCUT2D eigenvalue weighted by molar-refractivity contribution is 14.1. The SMILES string of the molecule is N#CCc1cc(I)cc(F)c1Cl. The second-order valence-electron chi connectivity index (χ2n) is 2.20. The van der Waals surface area contributed by atoms with Crippen LogP contribution in [0.5, 0.6) is 0 Å². The van der Waals surface area contributed by atoms with Crippen molar-refractivity contribution in [2.24, 2.45) is 0 Å². The molecule has 0 fully saturated rings. The highest BCUT2D eigenvalue weighted by Crippen LogP contribution is 2.23. The first-order valence-electron chi connectivity index (χ1n) is 3.15. The molecule has 0 aliphatic rings. The van der Waals surface area contributed by atoms with Crippen LogP contribution in [0, 0.1) is 20.7 Å². The van der Waals surface area contributed by atoms with Crippen molar-refractivity contribution in [2.45, 2.75) is 6.42 Å². The largest absolute Gasteiger partial charge is 0.205 e. The second kappa shape index (κ2) is 4.06. The Morgan fingerprint density at radius 3 is 2.83 bits per heavy atom. The molecule has 0 spiro atoms. The molecule has 0 unspecified atom stereocenters. The van der Waals surface area contributed by atoms with E-state index in [1.54, 1.807) is 6.07 Å². The quantitative estimate of drug-likeness (QED) is 0.577. The molecule has 0 N–H and O–H groups in total. The first-order chi connectivity index (χ1) is 5.65. The summed E-state index contributed by atoms with van der Waals surface area (Å²) in [6, 6.07) is 4.97. The predicted octanol–water partition coefficient (Wildman–Crippen LogP) is 3.15. The summed E-state index contributed by atoms with van der Waals surface area (Å²) in [6.45, 7) is 0. The van der Waals surface area contributed by atoms with Crippen molar-refractivity contribution < 1.29 is 4.39 Å². The molecule has 0 radical (unpaired) electrons. The van der Waals surface area contributed by atoms with Gasteiger partial charge in [0.15, 0.2) is 0 Å². The average Bonchev–Trinajstić information content (AvgIpc) is 2.00. The molecule has 0 aliphatic heterocycles. The van der Waals surface area contributed by atoms with Gasteiger partial charge >= 0.3 is 0 Å². The Morgan fingerprint density at radius 2 is 2.25 bits per heavy atom. The Balaban J connectivity index is 3.20. The lowest BCUT2D eigenvalue weighted by Crippen LogP contribution is -1.89. The Hall–Kier alpha value is -0.340. The van der Waals surface area contributed by atoms with Gasteiger partial charge in [0, 0.05) is 3.57 Å². The van der Waals surface area contributed by atoms with E-state index in [1.165, 1.54) is 6.07 Å². The number of benzene rings is 1. The fourth-order valence-electron chi connectivity index (χ4n) is 0.823. The van der Waals surface area contributed by atoms with Gasteiger partial charge in [0.2, 0.25) is 0 Å². The van der Waals surface area contributed by atoms with Crippen LogP contribution < -0.4 is 0 Å². The second-order valence-corrected chi connectivity index (χ2v) is 3.82. The van der Waals surface area contributed by atoms with Crippen LogP contribution in [0.1, 0.15) is 5.56 Å². The first-order valence-corrected chi connectivity index (χ1v) is 4.61. The monoisotopic (exact) mass is 295 g/mol. The molecule has 0 saturated heterocycles. The predicted molar refractivity (Wildman–Crippen MR) is 53.4 cm³/mol. The molecule has 62 valence electrons. The molecule has 0 heterocycles. The van der Waals surface area contributed by atoms with Crippen molar-refractivity contribution in [2.75, 3.05) is 0 Å². The van der Waals surface area contributed by atoms with E-state index >= 15 is 0 Å². The van der Waals surface area contributed by atoms with E-state index < -0.39 is 5.82 Å². The molecule has 0 bridgehead atoms. The number of rotatable bonds is 1. The van der Waals surface area contributed by atoms with Crippen molar-refractivity contribution in [3.05, 3.63) is 32.1 Å². The van der Waals surface area contributed by atoms with Gasteiger partial charge in [-0.05, 0) is 40.3 Å². The lowest BCUT2D eigenvalue weighted by atomic mass is 10.2. The normalized spacial score (nSPS) is 9.50. The molecule has 4 heteroatoms. The molecule has 1 aromatic carbocycles. The fourth-order valence-corrected chi connectivity index (χ4v) is 1.65. The van der Waals surface area contributed by atoms with Gasteiger partial charge in [0.05, 0.1) is 17.5 Å². The molecule has 0 amide bonds. The average molecular weight is 295 g/mol. The third kappa shape index (κ3) is 2.08. The lowest BCUT2D eigenvalue weighted by molar-refractivity contribution is 0.625. The van der Waals surface area contributed by atoms with Crippen molar-refractivity contribution in [3.63, 3.8) is 0 Å². The molecular formula is C8H4ClFIN. The van der Waals surface area contributed by atoms with Crippen molar-refractivity contribution in [3.8, 4) is 6.07 Å². The maximum atomic E-state index is 12.9. The summed E-state index contributed by atoms with van der Waals surface area (Å²) in [5, 5.41) is 8.45. The summed E-state index contributed by atoms with van der Waals surface area (Å²) in [7, 11) is 0. The Morgan fingerprint density at radius 1 is 1.58 bits per heavy atom. The van der Waals surface area contributed by atoms with E-state index in [0.717, 1.165) is 3.57 Å². The molecule has 1 rings (SSSR count). The van der Waals surface area contributed by atoms with Gasteiger partial charge in [-0.15, -0.1) is 0 Å². The summed E-state index contributed by atoms with van der Waals surface area (Å²) in [5.74, 6) is -0.464. The van der Waals surface area contributed by atoms with E-state index in [2.05, 4.69) is 0 Å². The number of hydrogen-bond donors (Lipinski definition) is 0. The van der Waals surface area contributed by atoms with Crippen LogP contribution in [0.15, 0.2) is 12.1 Å². The molecule has 0 aliphatic carbocycles. The van der Waals surface area contributed by atoms with Gasteiger partial charge in [-0.3, -0.25) is 0 Å². The zero-order chi connectivity index (χ0) is 9.14. The minimum Gasteiger partial charge on any atom is -0.205 e. The fraction of sp³-hybridized carbons (Fsp3) is 0.125. The van der Waals surface area contributed by atoms with Gasteiger partial charge in [0.25, 0.3) is 0 Å². The van der Waals surface area contributed by atoms with E-state index in [0.29, 0.717) is 5.56 Å². The summed E-state index contributed by atoms with van der Waals surface area (Å²) in [5.41, 5.74) is 0.545. The first kappa shape index (κ1) is 9.75. The van der Waals surface area contributed by atoms with Crippen LogP contribution in [0.25, 0.3) is 0 Å². The third-order valence-electron chi connectivity index (χ3n) is 1.34. The summed E-state index contributed by atoms with van der Waals surface area (Å²) >= 11 is 7.59. The van der Waals surface area contributed by atoms with Crippen LogP contribution in [0.4, 0.5) is 4.39 Å². The van der Waals surface area contributed by atoms with Gasteiger partial charge in [-0.25, -0.2) is 4.39 Å². The van der Waals surface area contributed by atoms with Crippen molar-refractivity contribution >= 4 is 34.2 Å². The topological polar surface area (TPSA) is 23.8 Å². The van der Waals surface area contributed by atoms with Crippen LogP contribution in [-0.2, 0) is 6.42 Å². The molecular weight excluding hydrogens is 291 g/mol. The van der Waals surface area contributed by atoms with Crippen LogP contribution >= 0.6 is 34.2 Å². The van der Waals surface area contributed by atoms with Crippen LogP contribution in [0.3, 0.4) is 0 Å². The molecule has 0 atom stereocenters. The van der Waals surface area contributed by atoms with E-state index in [-0.39, 0.29) is 11.4 Å². The maximum absolute atomic E-state index is 12.9. The summed E-state index contributed by atoms with van der Waals surface area (Å²) in [6.07, 6.45) is 0.145. The minimum absolute atomic E-state index is 0.0527. The molecule has 12 heavy (non-hydrogen) atoms. The Bertz CT molecular complexity index is 346. The van der Waals surface area contributed by atoms with Gasteiger partial charge in [-0.2, -0.15) is 5.26 Å². The molecule has 0 saturated carbocycles. The zero-order valence-electron chi connectivity index (χ0n) is 5.94. The van der Waals surface area contributed by atoms with Crippen LogP contribution in [0.2, 0.25) is 5.02 Å². The summed E-state index contributed by atoms with van der Waals surface area (Å²) < 4.78 is 13.7. The third-order valence-corrected chi connectivity index (χ3v) is 2.38. The van der Waals surface area contributed by atoms with Crippen LogP contribution in [-0.4, -0.2) is 0 Å². The molecule has 1 aromatic rings. The molecule has 1 nitrogen and oxygen atoms in total. The number of nitrogens with zero attached hydrogens (tertiary/aromatic N) is 1. The van der Waals surface area contributed by atoms with Gasteiger partial charge in [-0.1, -0.05) is 11.6 Å². The van der Waals surface area contributed by atoms with Gasteiger partial charge < -0.3 is 0 Å². The summed E-state index contributed by atoms with van der Waals surface area (Å²) in [4.78, 5) is 0. The Labute approximate surface area is 88.3 Å². The zero-order valence-corrected chi connectivity index (χ0v) is 8.86. The highest BCUT2D eigenvalue weighted by atomic mass is 127.